The third-order valence-electron chi connectivity index (χ3n) is 4.74. The molecule has 1 amide bonds. The molecule has 4 aromatic rings. The molecule has 2 aromatic carbocycles. The molecule has 4 rings (SSSR count). The van der Waals surface area contributed by atoms with Crippen LogP contribution in [0.4, 0.5) is 4.39 Å². The molecule has 8 nitrogen and oxygen atoms in total. The van der Waals surface area contributed by atoms with Crippen LogP contribution in [0.2, 0.25) is 0 Å². The molecule has 2 heterocycles. The van der Waals surface area contributed by atoms with Gasteiger partial charge in [0.25, 0.3) is 5.91 Å². The van der Waals surface area contributed by atoms with Crippen LogP contribution in [0.1, 0.15) is 15.9 Å². The molecule has 0 atom stereocenters. The Labute approximate surface area is 176 Å². The fraction of sp³-hybridized carbons (Fsp3) is 0.0952. The van der Waals surface area contributed by atoms with E-state index in [1.807, 2.05) is 0 Å². The quantitative estimate of drug-likeness (QED) is 0.493. The maximum absolute atomic E-state index is 13.2. The Hall–Kier alpha value is -3.79. The summed E-state index contributed by atoms with van der Waals surface area (Å²) in [6.45, 7) is -0.0167. The lowest BCUT2D eigenvalue weighted by Crippen LogP contribution is -2.23. The first kappa shape index (κ1) is 20.5. The maximum atomic E-state index is 13.2. The minimum Gasteiger partial charge on any atom is -0.508 e. The zero-order valence-electron chi connectivity index (χ0n) is 16.3. The molecule has 31 heavy (non-hydrogen) atoms. The summed E-state index contributed by atoms with van der Waals surface area (Å²) < 4.78 is 37.9. The van der Waals surface area contributed by atoms with Gasteiger partial charge in [0.2, 0.25) is 0 Å². The number of rotatable bonds is 5. The van der Waals surface area contributed by atoms with Crippen LogP contribution in [0.5, 0.6) is 5.75 Å². The number of hydrogen-bond donors (Lipinski definition) is 2. The van der Waals surface area contributed by atoms with Crippen molar-refractivity contribution >= 4 is 26.6 Å². The summed E-state index contributed by atoms with van der Waals surface area (Å²) in [5.41, 5.74) is 1.83. The highest BCUT2D eigenvalue weighted by Crippen LogP contribution is 2.23. The number of amides is 1. The van der Waals surface area contributed by atoms with E-state index in [2.05, 4.69) is 15.4 Å². The van der Waals surface area contributed by atoms with Gasteiger partial charge in [-0.15, -0.1) is 0 Å². The molecule has 0 aliphatic heterocycles. The molecule has 0 radical (unpaired) electrons. The van der Waals surface area contributed by atoms with Crippen LogP contribution >= 0.6 is 0 Å². The number of phenolic OH excluding ortho intramolecular Hbond substituents is 1. The Kier molecular flexibility index (Phi) is 5.15. The number of nitrogens with zero attached hydrogens (tertiary/aromatic N) is 3. The van der Waals surface area contributed by atoms with Crippen LogP contribution in [0, 0.1) is 5.82 Å². The van der Waals surface area contributed by atoms with Crippen molar-refractivity contribution in [3.63, 3.8) is 0 Å². The first-order chi connectivity index (χ1) is 14.7. The van der Waals surface area contributed by atoms with Crippen molar-refractivity contribution in [3.05, 3.63) is 78.0 Å². The predicted molar refractivity (Wildman–Crippen MR) is 111 cm³/mol. The average Bonchev–Trinajstić information content (AvgIpc) is 3.16. The van der Waals surface area contributed by atoms with Gasteiger partial charge in [-0.2, -0.15) is 5.10 Å². The second-order valence-corrected chi connectivity index (χ2v) is 8.91. The summed E-state index contributed by atoms with van der Waals surface area (Å²) in [6, 6.07) is 9.71. The number of halogens is 1. The normalized spacial score (nSPS) is 11.5. The lowest BCUT2D eigenvalue weighted by molar-refractivity contribution is 0.0952. The van der Waals surface area contributed by atoms with Crippen molar-refractivity contribution in [2.24, 2.45) is 0 Å². The third kappa shape index (κ3) is 4.10. The van der Waals surface area contributed by atoms with Crippen LogP contribution in [0.15, 0.2) is 66.0 Å². The van der Waals surface area contributed by atoms with E-state index in [1.165, 1.54) is 36.7 Å². The zero-order valence-corrected chi connectivity index (χ0v) is 17.1. The van der Waals surface area contributed by atoms with Crippen LogP contribution in [-0.4, -0.2) is 40.5 Å². The minimum atomic E-state index is -3.45. The highest BCUT2D eigenvalue weighted by Gasteiger charge is 2.16. The van der Waals surface area contributed by atoms with E-state index >= 15 is 0 Å². The zero-order chi connectivity index (χ0) is 22.2. The van der Waals surface area contributed by atoms with Gasteiger partial charge in [0.1, 0.15) is 11.6 Å². The Balaban J connectivity index is 1.58. The number of carbonyl (C=O) groups excluding carboxylic acids is 1. The molecule has 0 aliphatic rings. The average molecular weight is 440 g/mol. The Morgan fingerprint density at radius 1 is 1.13 bits per heavy atom. The third-order valence-corrected chi connectivity index (χ3v) is 5.85. The van der Waals surface area contributed by atoms with Crippen molar-refractivity contribution < 1.29 is 22.7 Å². The van der Waals surface area contributed by atoms with Crippen molar-refractivity contribution in [1.29, 1.82) is 0 Å². The highest BCUT2D eigenvalue weighted by molar-refractivity contribution is 7.90. The van der Waals surface area contributed by atoms with Gasteiger partial charge in [-0.1, -0.05) is 6.07 Å². The largest absolute Gasteiger partial charge is 0.508 e. The predicted octanol–water partition coefficient (Wildman–Crippen LogP) is 2.60. The van der Waals surface area contributed by atoms with Gasteiger partial charge < -0.3 is 10.4 Å². The summed E-state index contributed by atoms with van der Waals surface area (Å²) in [5, 5.41) is 17.6. The van der Waals surface area contributed by atoms with Crippen molar-refractivity contribution in [1.82, 2.24) is 20.1 Å². The minimum absolute atomic E-state index is 0.0118. The number of aromatic nitrogens is 3. The van der Waals surface area contributed by atoms with Crippen LogP contribution < -0.4 is 5.32 Å². The second kappa shape index (κ2) is 7.80. The second-order valence-electron chi connectivity index (χ2n) is 6.90. The molecule has 158 valence electrons. The molecule has 0 fully saturated rings. The van der Waals surface area contributed by atoms with Gasteiger partial charge in [-0.25, -0.2) is 17.5 Å². The molecule has 10 heteroatoms. The number of hydrogen-bond acceptors (Lipinski definition) is 6. The van der Waals surface area contributed by atoms with E-state index in [1.54, 1.807) is 23.0 Å². The number of aromatic hydroxyl groups is 1. The number of carbonyl (C=O) groups is 1. The number of benzene rings is 2. The van der Waals surface area contributed by atoms with Gasteiger partial charge in [0.05, 0.1) is 34.1 Å². The molecule has 0 unspecified atom stereocenters. The molecule has 0 spiro atoms. The Morgan fingerprint density at radius 3 is 2.55 bits per heavy atom. The molecular weight excluding hydrogens is 423 g/mol. The number of sulfone groups is 1. The van der Waals surface area contributed by atoms with E-state index in [0.717, 1.165) is 12.3 Å². The van der Waals surface area contributed by atoms with Crippen LogP contribution in [0.3, 0.4) is 0 Å². The first-order valence-electron chi connectivity index (χ1n) is 9.12. The van der Waals surface area contributed by atoms with E-state index in [0.29, 0.717) is 22.2 Å². The van der Waals surface area contributed by atoms with E-state index in [9.17, 15) is 22.7 Å². The smallest absolute Gasteiger partial charge is 0.253 e. The van der Waals surface area contributed by atoms with Crippen LogP contribution in [0.25, 0.3) is 16.6 Å². The van der Waals surface area contributed by atoms with Gasteiger partial charge >= 0.3 is 0 Å². The summed E-state index contributed by atoms with van der Waals surface area (Å²) in [6.07, 6.45) is 5.52. The molecular formula is C21H17FN4O4S. The molecule has 0 aliphatic carbocycles. The fourth-order valence-electron chi connectivity index (χ4n) is 3.11. The fourth-order valence-corrected chi connectivity index (χ4v) is 3.75. The van der Waals surface area contributed by atoms with Crippen LogP contribution in [-0.2, 0) is 16.4 Å². The number of phenols is 1. The van der Waals surface area contributed by atoms with Crippen molar-refractivity contribution in [2.75, 3.05) is 6.26 Å². The summed E-state index contributed by atoms with van der Waals surface area (Å²) >= 11 is 0. The van der Waals surface area contributed by atoms with Gasteiger partial charge in [-0.05, 0) is 36.4 Å². The van der Waals surface area contributed by atoms with Gasteiger partial charge in [0.15, 0.2) is 9.84 Å². The standard InChI is InChI=1S/C21H17FN4O4S/c1-31(29,30)16-7-2-13(20(27)8-16)9-24-21(28)18-10-23-12-19-17(18)11-25-26(19)15-5-3-14(22)4-6-15/h2-8,10-12,27H,9H2,1H3,(H,24,28). The molecule has 2 aromatic heterocycles. The summed E-state index contributed by atoms with van der Waals surface area (Å²) in [5.74, 6) is -1.04. The van der Waals surface area contributed by atoms with Gasteiger partial charge in [0, 0.05) is 29.9 Å². The Bertz CT molecular complexity index is 1400. The van der Waals surface area contributed by atoms with E-state index < -0.39 is 15.7 Å². The number of pyridine rings is 1. The number of nitrogens with one attached hydrogen (secondary N) is 1. The SMILES string of the molecule is CS(=O)(=O)c1ccc(CNC(=O)c2cncc3c2cnn3-c2ccc(F)cc2)c(O)c1. The molecule has 0 bridgehead atoms. The van der Waals surface area contributed by atoms with Crippen molar-refractivity contribution in [3.8, 4) is 11.4 Å². The summed E-state index contributed by atoms with van der Waals surface area (Å²) in [4.78, 5) is 16.8. The van der Waals surface area contributed by atoms with E-state index in [-0.39, 0.29) is 28.6 Å². The maximum Gasteiger partial charge on any atom is 0.253 e. The number of fused-ring (bicyclic) bond motifs is 1. The van der Waals surface area contributed by atoms with Gasteiger partial charge in [-0.3, -0.25) is 9.78 Å². The highest BCUT2D eigenvalue weighted by atomic mass is 32.2. The monoisotopic (exact) mass is 440 g/mol. The first-order valence-corrected chi connectivity index (χ1v) is 11.0. The summed E-state index contributed by atoms with van der Waals surface area (Å²) in [7, 11) is -3.45. The molecule has 0 saturated heterocycles. The Morgan fingerprint density at radius 2 is 1.87 bits per heavy atom. The van der Waals surface area contributed by atoms with Crippen molar-refractivity contribution in [2.45, 2.75) is 11.4 Å². The lowest BCUT2D eigenvalue weighted by atomic mass is 10.1. The van der Waals surface area contributed by atoms with E-state index in [4.69, 9.17) is 0 Å². The lowest BCUT2D eigenvalue weighted by Gasteiger charge is -2.09. The molecule has 2 N–H and O–H groups in total. The topological polar surface area (TPSA) is 114 Å². The molecule has 0 saturated carbocycles.